The predicted molar refractivity (Wildman–Crippen MR) is 86.2 cm³/mol. The Morgan fingerprint density at radius 1 is 1.22 bits per heavy atom. The van der Waals surface area contributed by atoms with Gasteiger partial charge in [-0.2, -0.15) is 4.98 Å². The van der Waals surface area contributed by atoms with Crippen molar-refractivity contribution in [2.75, 3.05) is 32.7 Å². The van der Waals surface area contributed by atoms with Crippen LogP contribution in [0.15, 0.2) is 33.7 Å². The molecule has 0 aromatic carbocycles. The normalized spacial score (nSPS) is 18.2. The van der Waals surface area contributed by atoms with Gasteiger partial charge in [0, 0.05) is 51.5 Å². The maximum atomic E-state index is 11.7. The number of rotatable bonds is 5. The molecule has 0 bridgehead atoms. The van der Waals surface area contributed by atoms with E-state index >= 15 is 0 Å². The Bertz CT molecular complexity index is 688. The molecule has 1 fully saturated rings. The Hall–Kier alpha value is -1.99. The number of piperazine rings is 1. The predicted octanol–water partition coefficient (Wildman–Crippen LogP) is 0.919. The average Bonchev–Trinajstić information content (AvgIpc) is 3.00. The summed E-state index contributed by atoms with van der Waals surface area (Å²) in [6.45, 7) is 9.47. The van der Waals surface area contributed by atoms with Crippen LogP contribution >= 0.6 is 0 Å². The fourth-order valence-corrected chi connectivity index (χ4v) is 2.91. The minimum atomic E-state index is 0.0616. The van der Waals surface area contributed by atoms with Gasteiger partial charge in [-0.25, -0.2) is 0 Å². The summed E-state index contributed by atoms with van der Waals surface area (Å²) >= 11 is 0. The Morgan fingerprint density at radius 2 is 2.00 bits per heavy atom. The maximum absolute atomic E-state index is 11.7. The number of hydrogen-bond acceptors (Lipinski definition) is 6. The molecule has 2 aromatic rings. The molecule has 1 atom stereocenters. The van der Waals surface area contributed by atoms with Gasteiger partial charge in [-0.05, 0) is 19.9 Å². The van der Waals surface area contributed by atoms with E-state index in [1.807, 2.05) is 19.2 Å². The molecule has 7 nitrogen and oxygen atoms in total. The van der Waals surface area contributed by atoms with Crippen LogP contribution < -0.4 is 5.56 Å². The smallest absolute Gasteiger partial charge is 0.250 e. The lowest BCUT2D eigenvalue weighted by Crippen LogP contribution is -2.48. The summed E-state index contributed by atoms with van der Waals surface area (Å²) in [5, 5.41) is 3.86. The van der Waals surface area contributed by atoms with Crippen molar-refractivity contribution in [1.29, 1.82) is 0 Å². The van der Waals surface area contributed by atoms with E-state index < -0.39 is 0 Å². The first-order chi connectivity index (χ1) is 11.1. The first-order valence-corrected chi connectivity index (χ1v) is 8.05. The third-order valence-corrected chi connectivity index (χ3v) is 4.41. The SMILES string of the molecule is Cc1noc([C@@H](C)N2CCN(CCn3ccccc3=O)CC2)n1. The van der Waals surface area contributed by atoms with Gasteiger partial charge in [-0.3, -0.25) is 14.6 Å². The van der Waals surface area contributed by atoms with Gasteiger partial charge in [-0.15, -0.1) is 0 Å². The first kappa shape index (κ1) is 15.9. The second-order valence-corrected chi connectivity index (χ2v) is 5.97. The van der Waals surface area contributed by atoms with Crippen molar-refractivity contribution in [2.45, 2.75) is 26.4 Å². The van der Waals surface area contributed by atoms with Gasteiger partial charge in [0.25, 0.3) is 5.56 Å². The number of aromatic nitrogens is 3. The Kier molecular flexibility index (Phi) is 4.88. The minimum Gasteiger partial charge on any atom is -0.338 e. The zero-order valence-corrected chi connectivity index (χ0v) is 13.7. The van der Waals surface area contributed by atoms with Gasteiger partial charge < -0.3 is 9.09 Å². The van der Waals surface area contributed by atoms with Gasteiger partial charge in [-0.1, -0.05) is 11.2 Å². The van der Waals surface area contributed by atoms with Crippen LogP contribution in [0.1, 0.15) is 24.7 Å². The van der Waals surface area contributed by atoms with Crippen LogP contribution in [0.25, 0.3) is 0 Å². The number of hydrogen-bond donors (Lipinski definition) is 0. The van der Waals surface area contributed by atoms with E-state index in [1.54, 1.807) is 16.7 Å². The average molecular weight is 317 g/mol. The van der Waals surface area contributed by atoms with E-state index in [-0.39, 0.29) is 11.6 Å². The van der Waals surface area contributed by atoms with Gasteiger partial charge in [0.1, 0.15) is 0 Å². The summed E-state index contributed by atoms with van der Waals surface area (Å²) in [4.78, 5) is 20.8. The van der Waals surface area contributed by atoms with E-state index in [0.29, 0.717) is 11.7 Å². The molecule has 0 N–H and O–H groups in total. The molecule has 0 radical (unpaired) electrons. The van der Waals surface area contributed by atoms with E-state index in [4.69, 9.17) is 4.52 Å². The van der Waals surface area contributed by atoms with Gasteiger partial charge in [0.2, 0.25) is 5.89 Å². The highest BCUT2D eigenvalue weighted by atomic mass is 16.5. The third-order valence-electron chi connectivity index (χ3n) is 4.41. The second kappa shape index (κ2) is 7.06. The molecule has 3 heterocycles. The number of pyridine rings is 1. The molecule has 1 saturated heterocycles. The number of nitrogens with zero attached hydrogens (tertiary/aromatic N) is 5. The summed E-state index contributed by atoms with van der Waals surface area (Å²) < 4.78 is 7.03. The standard InChI is InChI=1S/C16H23N5O2/c1-13(16-17-14(2)18-23-16)20-10-7-19(8-11-20)9-12-21-6-4-3-5-15(21)22/h3-6,13H,7-12H2,1-2H3/t13-/m1/s1. The molecule has 0 amide bonds. The monoisotopic (exact) mass is 317 g/mol. The molecular formula is C16H23N5O2. The second-order valence-electron chi connectivity index (χ2n) is 5.97. The third kappa shape index (κ3) is 3.86. The van der Waals surface area contributed by atoms with Gasteiger partial charge in [0.15, 0.2) is 5.82 Å². The van der Waals surface area contributed by atoms with Crippen molar-refractivity contribution >= 4 is 0 Å². The fourth-order valence-electron chi connectivity index (χ4n) is 2.91. The molecule has 0 saturated carbocycles. The zero-order chi connectivity index (χ0) is 16.2. The molecule has 124 valence electrons. The van der Waals surface area contributed by atoms with Crippen LogP contribution in [0.5, 0.6) is 0 Å². The molecule has 0 aliphatic carbocycles. The minimum absolute atomic E-state index is 0.0616. The van der Waals surface area contributed by atoms with Crippen molar-refractivity contribution in [2.24, 2.45) is 0 Å². The van der Waals surface area contributed by atoms with Gasteiger partial charge >= 0.3 is 0 Å². The van der Waals surface area contributed by atoms with Crippen molar-refractivity contribution < 1.29 is 4.52 Å². The highest BCUT2D eigenvalue weighted by Crippen LogP contribution is 2.19. The summed E-state index contributed by atoms with van der Waals surface area (Å²) in [7, 11) is 0. The molecular weight excluding hydrogens is 294 g/mol. The van der Waals surface area contributed by atoms with Crippen molar-refractivity contribution in [1.82, 2.24) is 24.5 Å². The van der Waals surface area contributed by atoms with Crippen LogP contribution in [-0.2, 0) is 6.54 Å². The summed E-state index contributed by atoms with van der Waals surface area (Å²) in [5.41, 5.74) is 0.0616. The lowest BCUT2D eigenvalue weighted by atomic mass is 10.2. The summed E-state index contributed by atoms with van der Waals surface area (Å²) in [6, 6.07) is 5.42. The highest BCUT2D eigenvalue weighted by molar-refractivity contribution is 4.94. The van der Waals surface area contributed by atoms with Crippen LogP contribution in [0.2, 0.25) is 0 Å². The van der Waals surface area contributed by atoms with Gasteiger partial charge in [0.05, 0.1) is 6.04 Å². The van der Waals surface area contributed by atoms with Crippen LogP contribution in [0.4, 0.5) is 0 Å². The van der Waals surface area contributed by atoms with E-state index in [9.17, 15) is 4.79 Å². The van der Waals surface area contributed by atoms with Crippen molar-refractivity contribution in [3.8, 4) is 0 Å². The maximum Gasteiger partial charge on any atom is 0.250 e. The Labute approximate surface area is 135 Å². The lowest BCUT2D eigenvalue weighted by molar-refractivity contribution is 0.0863. The molecule has 7 heteroatoms. The Balaban J connectivity index is 1.49. The zero-order valence-electron chi connectivity index (χ0n) is 13.7. The number of aryl methyl sites for hydroxylation is 1. The van der Waals surface area contributed by atoms with E-state index in [2.05, 4.69) is 26.9 Å². The topological polar surface area (TPSA) is 67.4 Å². The molecule has 0 unspecified atom stereocenters. The molecule has 1 aliphatic rings. The van der Waals surface area contributed by atoms with Crippen molar-refractivity contribution in [3.05, 3.63) is 46.5 Å². The highest BCUT2D eigenvalue weighted by Gasteiger charge is 2.25. The molecule has 2 aromatic heterocycles. The summed E-state index contributed by atoms with van der Waals surface area (Å²) in [5.74, 6) is 1.37. The molecule has 23 heavy (non-hydrogen) atoms. The van der Waals surface area contributed by atoms with E-state index in [1.165, 1.54) is 0 Å². The fraction of sp³-hybridized carbons (Fsp3) is 0.562. The Morgan fingerprint density at radius 3 is 2.65 bits per heavy atom. The summed E-state index contributed by atoms with van der Waals surface area (Å²) in [6.07, 6.45) is 1.85. The molecule has 0 spiro atoms. The van der Waals surface area contributed by atoms with Crippen LogP contribution in [-0.4, -0.2) is 57.2 Å². The first-order valence-electron chi connectivity index (χ1n) is 8.05. The molecule has 3 rings (SSSR count). The lowest BCUT2D eigenvalue weighted by Gasteiger charge is -2.36. The largest absolute Gasteiger partial charge is 0.338 e. The quantitative estimate of drug-likeness (QED) is 0.817. The molecule has 1 aliphatic heterocycles. The van der Waals surface area contributed by atoms with E-state index in [0.717, 1.165) is 39.3 Å². The van der Waals surface area contributed by atoms with Crippen molar-refractivity contribution in [3.63, 3.8) is 0 Å². The van der Waals surface area contributed by atoms with Crippen LogP contribution in [0.3, 0.4) is 0 Å². The van der Waals surface area contributed by atoms with Crippen LogP contribution in [0, 0.1) is 6.92 Å².